The van der Waals surface area contributed by atoms with Gasteiger partial charge in [-0.3, -0.25) is 4.79 Å². The predicted octanol–water partition coefficient (Wildman–Crippen LogP) is 5.77. The summed E-state index contributed by atoms with van der Waals surface area (Å²) in [5.41, 5.74) is 5.69. The van der Waals surface area contributed by atoms with Crippen molar-refractivity contribution in [2.75, 3.05) is 6.54 Å². The van der Waals surface area contributed by atoms with Crippen molar-refractivity contribution < 1.29 is 4.79 Å². The third-order valence-corrected chi connectivity index (χ3v) is 5.93. The van der Waals surface area contributed by atoms with Crippen molar-refractivity contribution >= 4 is 5.91 Å². The van der Waals surface area contributed by atoms with Gasteiger partial charge in [-0.05, 0) is 61.6 Å². The molecule has 1 amide bonds. The number of aryl methyl sites for hydroxylation is 3. The molecule has 1 atom stereocenters. The van der Waals surface area contributed by atoms with E-state index in [1.807, 2.05) is 12.1 Å². The molecule has 0 bridgehead atoms. The van der Waals surface area contributed by atoms with Crippen LogP contribution >= 0.6 is 0 Å². The van der Waals surface area contributed by atoms with Crippen LogP contribution in [0, 0.1) is 6.92 Å². The Hall–Kier alpha value is -2.81. The van der Waals surface area contributed by atoms with Gasteiger partial charge in [0, 0.05) is 30.5 Å². The van der Waals surface area contributed by atoms with Gasteiger partial charge in [-0.25, -0.2) is 0 Å². The van der Waals surface area contributed by atoms with Crippen molar-refractivity contribution in [3.05, 3.63) is 94.8 Å². The number of nitrogens with zero attached hydrogens (tertiary/aromatic N) is 2. The maximum Gasteiger partial charge on any atom is 0.254 e. The summed E-state index contributed by atoms with van der Waals surface area (Å²) < 4.78 is 2.30. The lowest BCUT2D eigenvalue weighted by Gasteiger charge is -2.31. The van der Waals surface area contributed by atoms with Crippen molar-refractivity contribution in [2.24, 2.45) is 0 Å². The minimum atomic E-state index is -0.0552. The average molecular weight is 387 g/mol. The number of unbranched alkanes of at least 4 members (excludes halogenated alkanes) is 1. The molecule has 3 heteroatoms. The Morgan fingerprint density at radius 1 is 1.00 bits per heavy atom. The molecule has 0 radical (unpaired) electrons. The fourth-order valence-corrected chi connectivity index (χ4v) is 4.26. The van der Waals surface area contributed by atoms with Gasteiger partial charge in [0.25, 0.3) is 5.91 Å². The maximum atomic E-state index is 13.6. The Morgan fingerprint density at radius 3 is 2.48 bits per heavy atom. The quantitative estimate of drug-likeness (QED) is 0.546. The molecule has 1 aliphatic heterocycles. The highest BCUT2D eigenvalue weighted by molar-refractivity contribution is 5.94. The number of hydrogen-bond acceptors (Lipinski definition) is 1. The molecule has 2 aromatic carbocycles. The molecule has 0 N–H and O–H groups in total. The molecule has 3 aromatic rings. The number of benzene rings is 2. The lowest BCUT2D eigenvalue weighted by molar-refractivity contribution is 0.0709. The van der Waals surface area contributed by atoms with Gasteiger partial charge < -0.3 is 9.47 Å². The third kappa shape index (κ3) is 4.14. The van der Waals surface area contributed by atoms with Crippen molar-refractivity contribution in [2.45, 2.75) is 52.1 Å². The molecule has 0 aliphatic carbocycles. The van der Waals surface area contributed by atoms with Gasteiger partial charge in [-0.15, -0.1) is 0 Å². The van der Waals surface area contributed by atoms with E-state index < -0.39 is 0 Å². The van der Waals surface area contributed by atoms with Gasteiger partial charge in [0.05, 0.1) is 6.04 Å². The number of carbonyl (C=O) groups excluding carboxylic acids is 1. The first-order valence-electron chi connectivity index (χ1n) is 10.8. The molecule has 1 aliphatic rings. The largest absolute Gasteiger partial charge is 0.349 e. The summed E-state index contributed by atoms with van der Waals surface area (Å²) in [6.45, 7) is 6.02. The molecule has 4 rings (SSSR count). The van der Waals surface area contributed by atoms with Crippen LogP contribution in [-0.4, -0.2) is 21.9 Å². The number of fused-ring (bicyclic) bond motifs is 1. The van der Waals surface area contributed by atoms with E-state index >= 15 is 0 Å². The highest BCUT2D eigenvalue weighted by Crippen LogP contribution is 2.33. The molecular formula is C26H30N2O. The summed E-state index contributed by atoms with van der Waals surface area (Å²) in [6.07, 6.45) is 6.55. The SMILES string of the molecule is CCCCc1ccc(C(=O)N2CCCn3cccc3C2c2ccc(C)cc2)cc1. The number of carbonyl (C=O) groups is 1. The monoisotopic (exact) mass is 386 g/mol. The lowest BCUT2D eigenvalue weighted by atomic mass is 9.99. The van der Waals surface area contributed by atoms with Crippen LogP contribution in [0.4, 0.5) is 0 Å². The second kappa shape index (κ2) is 8.69. The summed E-state index contributed by atoms with van der Waals surface area (Å²) >= 11 is 0. The predicted molar refractivity (Wildman–Crippen MR) is 118 cm³/mol. The average Bonchev–Trinajstić information content (AvgIpc) is 3.13. The molecule has 0 fully saturated rings. The minimum Gasteiger partial charge on any atom is -0.349 e. The van der Waals surface area contributed by atoms with Crippen LogP contribution in [0.5, 0.6) is 0 Å². The molecular weight excluding hydrogens is 356 g/mol. The molecule has 29 heavy (non-hydrogen) atoms. The topological polar surface area (TPSA) is 25.2 Å². The van der Waals surface area contributed by atoms with E-state index in [0.29, 0.717) is 0 Å². The van der Waals surface area contributed by atoms with Crippen molar-refractivity contribution in [3.8, 4) is 0 Å². The third-order valence-electron chi connectivity index (χ3n) is 5.93. The molecule has 0 saturated heterocycles. The maximum absolute atomic E-state index is 13.6. The summed E-state index contributed by atoms with van der Waals surface area (Å²) in [5.74, 6) is 0.118. The highest BCUT2D eigenvalue weighted by Gasteiger charge is 2.31. The number of rotatable bonds is 5. The van der Waals surface area contributed by atoms with Crippen LogP contribution in [0.3, 0.4) is 0 Å². The Kier molecular flexibility index (Phi) is 5.84. The fourth-order valence-electron chi connectivity index (χ4n) is 4.26. The molecule has 150 valence electrons. The Morgan fingerprint density at radius 2 is 1.76 bits per heavy atom. The van der Waals surface area contributed by atoms with E-state index in [9.17, 15) is 4.79 Å². The van der Waals surface area contributed by atoms with E-state index in [1.165, 1.54) is 35.2 Å². The fraction of sp³-hybridized carbons (Fsp3) is 0.346. The van der Waals surface area contributed by atoms with Crippen LogP contribution in [0.25, 0.3) is 0 Å². The molecule has 1 aromatic heterocycles. The molecule has 3 nitrogen and oxygen atoms in total. The van der Waals surface area contributed by atoms with E-state index in [1.54, 1.807) is 0 Å². The molecule has 0 saturated carbocycles. The van der Waals surface area contributed by atoms with Gasteiger partial charge >= 0.3 is 0 Å². The summed E-state index contributed by atoms with van der Waals surface area (Å²) in [5, 5.41) is 0. The van der Waals surface area contributed by atoms with Crippen LogP contribution < -0.4 is 0 Å². The van der Waals surface area contributed by atoms with Crippen LogP contribution in [0.15, 0.2) is 66.9 Å². The smallest absolute Gasteiger partial charge is 0.254 e. The zero-order valence-corrected chi connectivity index (χ0v) is 17.5. The van der Waals surface area contributed by atoms with Gasteiger partial charge in [0.15, 0.2) is 0 Å². The van der Waals surface area contributed by atoms with Gasteiger partial charge in [0.2, 0.25) is 0 Å². The molecule has 2 heterocycles. The van der Waals surface area contributed by atoms with E-state index in [4.69, 9.17) is 0 Å². The van der Waals surface area contributed by atoms with Crippen molar-refractivity contribution in [1.82, 2.24) is 9.47 Å². The first-order valence-corrected chi connectivity index (χ1v) is 10.8. The van der Waals surface area contributed by atoms with E-state index in [-0.39, 0.29) is 11.9 Å². The molecule has 1 unspecified atom stereocenters. The Labute approximate surface area is 174 Å². The lowest BCUT2D eigenvalue weighted by Crippen LogP contribution is -2.35. The summed E-state index contributed by atoms with van der Waals surface area (Å²) in [6, 6.07) is 21.0. The first-order chi connectivity index (χ1) is 14.2. The zero-order chi connectivity index (χ0) is 20.2. The van der Waals surface area contributed by atoms with Crippen LogP contribution in [0.2, 0.25) is 0 Å². The second-order valence-electron chi connectivity index (χ2n) is 8.09. The second-order valence-corrected chi connectivity index (χ2v) is 8.09. The van der Waals surface area contributed by atoms with E-state index in [2.05, 4.69) is 78.0 Å². The number of aromatic nitrogens is 1. The standard InChI is InChI=1S/C26H30N2O/c1-3-4-7-21-11-15-23(16-12-21)26(29)28-19-6-18-27-17-5-8-24(27)25(28)22-13-9-20(2)10-14-22/h5,8-17,25H,3-4,6-7,18-19H2,1-2H3. The minimum absolute atomic E-state index is 0.0552. The Bertz CT molecular complexity index is 953. The highest BCUT2D eigenvalue weighted by atomic mass is 16.2. The van der Waals surface area contributed by atoms with Crippen LogP contribution in [-0.2, 0) is 13.0 Å². The number of hydrogen-bond donors (Lipinski definition) is 0. The van der Waals surface area contributed by atoms with Gasteiger partial charge in [-0.1, -0.05) is 55.3 Å². The number of amides is 1. The van der Waals surface area contributed by atoms with Crippen molar-refractivity contribution in [1.29, 1.82) is 0 Å². The zero-order valence-electron chi connectivity index (χ0n) is 17.5. The van der Waals surface area contributed by atoms with Crippen molar-refractivity contribution in [3.63, 3.8) is 0 Å². The van der Waals surface area contributed by atoms with Gasteiger partial charge in [0.1, 0.15) is 0 Å². The normalized spacial score (nSPS) is 16.3. The molecule has 0 spiro atoms. The first kappa shape index (κ1) is 19.5. The van der Waals surface area contributed by atoms with E-state index in [0.717, 1.165) is 31.5 Å². The summed E-state index contributed by atoms with van der Waals surface area (Å²) in [4.78, 5) is 15.6. The van der Waals surface area contributed by atoms with Gasteiger partial charge in [-0.2, -0.15) is 0 Å². The van der Waals surface area contributed by atoms with Crippen LogP contribution in [0.1, 0.15) is 65.0 Å². The summed E-state index contributed by atoms with van der Waals surface area (Å²) in [7, 11) is 0. The Balaban J connectivity index is 1.68.